The molecule has 5 nitrogen and oxygen atoms in total. The Labute approximate surface area is 134 Å². The smallest absolute Gasteiger partial charge is 0.233 e. The molecule has 0 unspecified atom stereocenters. The lowest BCUT2D eigenvalue weighted by molar-refractivity contribution is 0.445. The van der Waals surface area contributed by atoms with Gasteiger partial charge in [-0.15, -0.1) is 0 Å². The number of ether oxygens (including phenoxy) is 1. The van der Waals surface area contributed by atoms with Crippen LogP contribution in [-0.2, 0) is 0 Å². The molecule has 0 bridgehead atoms. The van der Waals surface area contributed by atoms with Crippen molar-refractivity contribution in [2.75, 3.05) is 0 Å². The SMILES string of the molecule is Clc1ncc(-c2cccnc2)c(Oc2cc(Br)ccn2)n1. The van der Waals surface area contributed by atoms with Gasteiger partial charge in [0.25, 0.3) is 0 Å². The third-order valence-electron chi connectivity index (χ3n) is 2.60. The van der Waals surface area contributed by atoms with Crippen molar-refractivity contribution < 1.29 is 4.74 Å². The Balaban J connectivity index is 2.03. The van der Waals surface area contributed by atoms with Crippen molar-refractivity contribution in [3.05, 3.63) is 58.8 Å². The van der Waals surface area contributed by atoms with Crippen LogP contribution in [0.4, 0.5) is 0 Å². The molecule has 0 fully saturated rings. The summed E-state index contributed by atoms with van der Waals surface area (Å²) in [5.74, 6) is 0.734. The van der Waals surface area contributed by atoms with E-state index in [0.717, 1.165) is 10.0 Å². The van der Waals surface area contributed by atoms with Crippen LogP contribution in [0.2, 0.25) is 5.28 Å². The number of aromatic nitrogens is 4. The van der Waals surface area contributed by atoms with Gasteiger partial charge in [0.05, 0.1) is 5.56 Å². The average molecular weight is 364 g/mol. The van der Waals surface area contributed by atoms with Crippen molar-refractivity contribution in [2.24, 2.45) is 0 Å². The maximum absolute atomic E-state index is 5.85. The maximum Gasteiger partial charge on any atom is 0.233 e. The van der Waals surface area contributed by atoms with Gasteiger partial charge in [-0.3, -0.25) is 4.98 Å². The molecular weight excluding hydrogens is 356 g/mol. The molecule has 0 radical (unpaired) electrons. The van der Waals surface area contributed by atoms with E-state index in [1.807, 2.05) is 18.2 Å². The third-order valence-corrected chi connectivity index (χ3v) is 3.27. The average Bonchev–Trinajstić information content (AvgIpc) is 2.48. The Bertz CT molecular complexity index is 770. The molecule has 3 rings (SSSR count). The Hall–Kier alpha value is -2.05. The zero-order valence-electron chi connectivity index (χ0n) is 10.6. The van der Waals surface area contributed by atoms with Gasteiger partial charge in [-0.25, -0.2) is 9.97 Å². The van der Waals surface area contributed by atoms with Crippen LogP contribution in [-0.4, -0.2) is 19.9 Å². The van der Waals surface area contributed by atoms with Gasteiger partial charge in [-0.05, 0) is 23.7 Å². The van der Waals surface area contributed by atoms with Gasteiger partial charge >= 0.3 is 0 Å². The van der Waals surface area contributed by atoms with Gasteiger partial charge in [0.15, 0.2) is 0 Å². The Morgan fingerprint density at radius 3 is 2.76 bits per heavy atom. The highest BCUT2D eigenvalue weighted by Crippen LogP contribution is 2.31. The quantitative estimate of drug-likeness (QED) is 0.654. The van der Waals surface area contributed by atoms with Crippen molar-refractivity contribution in [1.82, 2.24) is 19.9 Å². The number of hydrogen-bond donors (Lipinski definition) is 0. The molecule has 3 aromatic rings. The molecule has 0 aromatic carbocycles. The van der Waals surface area contributed by atoms with Crippen LogP contribution in [0.25, 0.3) is 11.1 Å². The Kier molecular flexibility index (Phi) is 4.08. The predicted molar refractivity (Wildman–Crippen MR) is 82.3 cm³/mol. The van der Waals surface area contributed by atoms with E-state index in [4.69, 9.17) is 16.3 Å². The highest BCUT2D eigenvalue weighted by Gasteiger charge is 2.12. The summed E-state index contributed by atoms with van der Waals surface area (Å²) in [7, 11) is 0. The molecular formula is C14H8BrClN4O. The van der Waals surface area contributed by atoms with E-state index in [-0.39, 0.29) is 5.28 Å². The summed E-state index contributed by atoms with van der Waals surface area (Å²) in [4.78, 5) is 16.3. The lowest BCUT2D eigenvalue weighted by atomic mass is 10.1. The van der Waals surface area contributed by atoms with Gasteiger partial charge in [-0.2, -0.15) is 4.98 Å². The molecule has 3 aromatic heterocycles. The van der Waals surface area contributed by atoms with Crippen LogP contribution >= 0.6 is 27.5 Å². The van der Waals surface area contributed by atoms with E-state index < -0.39 is 0 Å². The minimum atomic E-state index is 0.104. The molecule has 0 amide bonds. The lowest BCUT2D eigenvalue weighted by Crippen LogP contribution is -1.96. The first kappa shape index (κ1) is 13.9. The standard InChI is InChI=1S/C14H8BrClN4O/c15-10-3-5-18-12(6-10)21-13-11(8-19-14(16)20-13)9-2-1-4-17-7-9/h1-8H. The van der Waals surface area contributed by atoms with E-state index >= 15 is 0 Å². The van der Waals surface area contributed by atoms with E-state index in [1.165, 1.54) is 0 Å². The molecule has 3 heterocycles. The van der Waals surface area contributed by atoms with Crippen LogP contribution in [0.1, 0.15) is 0 Å². The summed E-state index contributed by atoms with van der Waals surface area (Å²) in [5, 5.41) is 0.104. The molecule has 0 atom stereocenters. The molecule has 0 spiro atoms. The van der Waals surface area contributed by atoms with E-state index in [0.29, 0.717) is 17.3 Å². The molecule has 0 N–H and O–H groups in total. The molecule has 21 heavy (non-hydrogen) atoms. The van der Waals surface area contributed by atoms with Crippen molar-refractivity contribution in [1.29, 1.82) is 0 Å². The molecule has 0 aliphatic carbocycles. The van der Waals surface area contributed by atoms with Crippen molar-refractivity contribution >= 4 is 27.5 Å². The monoisotopic (exact) mass is 362 g/mol. The summed E-state index contributed by atoms with van der Waals surface area (Å²) in [6.45, 7) is 0. The fourth-order valence-corrected chi connectivity index (χ4v) is 2.12. The maximum atomic E-state index is 5.85. The fraction of sp³-hybridized carbons (Fsp3) is 0. The number of halogens is 2. The highest BCUT2D eigenvalue weighted by atomic mass is 79.9. The second kappa shape index (κ2) is 6.15. The molecule has 0 saturated heterocycles. The van der Waals surface area contributed by atoms with Gasteiger partial charge in [-0.1, -0.05) is 22.0 Å². The minimum Gasteiger partial charge on any atom is -0.420 e. The van der Waals surface area contributed by atoms with Gasteiger partial charge < -0.3 is 4.74 Å². The number of pyridine rings is 2. The van der Waals surface area contributed by atoms with Crippen LogP contribution < -0.4 is 4.74 Å². The van der Waals surface area contributed by atoms with Crippen LogP contribution in [0.5, 0.6) is 11.8 Å². The van der Waals surface area contributed by atoms with Gasteiger partial charge in [0.2, 0.25) is 17.0 Å². The summed E-state index contributed by atoms with van der Waals surface area (Å²) in [6.07, 6.45) is 6.62. The molecule has 7 heteroatoms. The molecule has 0 aliphatic rings. The highest BCUT2D eigenvalue weighted by molar-refractivity contribution is 9.10. The predicted octanol–water partition coefficient (Wildman–Crippen LogP) is 4.14. The number of hydrogen-bond acceptors (Lipinski definition) is 5. The van der Waals surface area contributed by atoms with Crippen LogP contribution in [0.15, 0.2) is 53.5 Å². The number of rotatable bonds is 3. The summed E-state index contributed by atoms with van der Waals surface area (Å²) in [5.41, 5.74) is 1.52. The van der Waals surface area contributed by atoms with Gasteiger partial charge in [0, 0.05) is 40.9 Å². The first-order valence-corrected chi connectivity index (χ1v) is 7.12. The number of nitrogens with zero attached hydrogens (tertiary/aromatic N) is 4. The normalized spacial score (nSPS) is 10.4. The second-order valence-corrected chi connectivity index (χ2v) is 5.27. The largest absolute Gasteiger partial charge is 0.420 e. The second-order valence-electron chi connectivity index (χ2n) is 4.01. The van der Waals surface area contributed by atoms with E-state index in [1.54, 1.807) is 30.9 Å². The zero-order chi connectivity index (χ0) is 14.7. The topological polar surface area (TPSA) is 60.8 Å². The molecule has 104 valence electrons. The van der Waals surface area contributed by atoms with E-state index in [9.17, 15) is 0 Å². The summed E-state index contributed by atoms with van der Waals surface area (Å²) >= 11 is 9.22. The van der Waals surface area contributed by atoms with Crippen LogP contribution in [0.3, 0.4) is 0 Å². The summed E-state index contributed by atoms with van der Waals surface area (Å²) in [6, 6.07) is 7.26. The first-order valence-electron chi connectivity index (χ1n) is 5.95. The lowest BCUT2D eigenvalue weighted by Gasteiger charge is -2.09. The summed E-state index contributed by atoms with van der Waals surface area (Å²) < 4.78 is 6.58. The minimum absolute atomic E-state index is 0.104. The zero-order valence-corrected chi connectivity index (χ0v) is 12.9. The first-order chi connectivity index (χ1) is 10.2. The van der Waals surface area contributed by atoms with E-state index in [2.05, 4.69) is 35.9 Å². The van der Waals surface area contributed by atoms with Gasteiger partial charge in [0.1, 0.15) is 0 Å². The van der Waals surface area contributed by atoms with Crippen molar-refractivity contribution in [3.63, 3.8) is 0 Å². The third kappa shape index (κ3) is 3.34. The Morgan fingerprint density at radius 2 is 2.00 bits per heavy atom. The van der Waals surface area contributed by atoms with Crippen molar-refractivity contribution in [2.45, 2.75) is 0 Å². The molecule has 0 saturated carbocycles. The van der Waals surface area contributed by atoms with Crippen LogP contribution in [0, 0.1) is 0 Å². The fourth-order valence-electron chi connectivity index (χ4n) is 1.68. The van der Waals surface area contributed by atoms with Crippen molar-refractivity contribution in [3.8, 4) is 22.9 Å². The molecule has 0 aliphatic heterocycles. The Morgan fingerprint density at radius 1 is 1.10 bits per heavy atom.